The molecule has 0 aliphatic rings. The first-order valence-electron chi connectivity index (χ1n) is 4.42. The summed E-state index contributed by atoms with van der Waals surface area (Å²) in [5, 5.41) is 10.7. The van der Waals surface area contributed by atoms with Crippen molar-refractivity contribution in [1.82, 2.24) is 0 Å². The monoisotopic (exact) mass is 317 g/mol. The van der Waals surface area contributed by atoms with Gasteiger partial charge in [-0.3, -0.25) is 10.1 Å². The molecule has 0 amide bonds. The number of halogens is 3. The SMILES string of the molecule is COc1cc(S(=O)(=O)Cl)cc([N+](=O)[O-])c1OC(F)F. The van der Waals surface area contributed by atoms with Crippen LogP contribution >= 0.6 is 10.7 Å². The molecule has 0 atom stereocenters. The average Bonchev–Trinajstić information content (AvgIpc) is 2.26. The highest BCUT2D eigenvalue weighted by atomic mass is 35.7. The zero-order valence-electron chi connectivity index (χ0n) is 9.17. The molecule has 11 heteroatoms. The predicted molar refractivity (Wildman–Crippen MR) is 59.3 cm³/mol. The molecule has 0 radical (unpaired) electrons. The largest absolute Gasteiger partial charge is 0.493 e. The summed E-state index contributed by atoms with van der Waals surface area (Å²) in [4.78, 5) is 8.98. The normalized spacial score (nSPS) is 11.4. The number of rotatable bonds is 5. The van der Waals surface area contributed by atoms with Crippen LogP contribution in [-0.4, -0.2) is 27.1 Å². The maximum absolute atomic E-state index is 12.2. The highest BCUT2D eigenvalue weighted by Crippen LogP contribution is 2.40. The first-order chi connectivity index (χ1) is 8.66. The van der Waals surface area contributed by atoms with E-state index in [0.717, 1.165) is 13.2 Å². The minimum absolute atomic E-state index is 0.503. The average molecular weight is 318 g/mol. The van der Waals surface area contributed by atoms with Crippen LogP contribution in [-0.2, 0) is 9.05 Å². The third kappa shape index (κ3) is 3.64. The maximum Gasteiger partial charge on any atom is 0.387 e. The van der Waals surface area contributed by atoms with Gasteiger partial charge in [0.25, 0.3) is 9.05 Å². The van der Waals surface area contributed by atoms with Crippen LogP contribution < -0.4 is 9.47 Å². The molecule has 0 bridgehead atoms. The second kappa shape index (κ2) is 5.53. The molecule has 0 N–H and O–H groups in total. The van der Waals surface area contributed by atoms with E-state index < -0.39 is 42.7 Å². The molecule has 7 nitrogen and oxygen atoms in total. The van der Waals surface area contributed by atoms with Crippen molar-refractivity contribution in [2.45, 2.75) is 11.5 Å². The number of hydrogen-bond acceptors (Lipinski definition) is 6. The Morgan fingerprint density at radius 2 is 2.00 bits per heavy atom. The van der Waals surface area contributed by atoms with E-state index in [1.807, 2.05) is 0 Å². The topological polar surface area (TPSA) is 95.7 Å². The van der Waals surface area contributed by atoms with E-state index in [2.05, 4.69) is 9.47 Å². The standard InChI is InChI=1S/C8H6ClF2NO6S/c1-17-6-3-4(19(9,15)16)2-5(12(13)14)7(6)18-8(10)11/h2-3,8H,1H3. The molecule has 19 heavy (non-hydrogen) atoms. The van der Waals surface area contributed by atoms with Crippen LogP contribution in [0.5, 0.6) is 11.5 Å². The number of alkyl halides is 2. The van der Waals surface area contributed by atoms with Crippen LogP contribution in [0.1, 0.15) is 0 Å². The van der Waals surface area contributed by atoms with Crippen molar-refractivity contribution in [2.75, 3.05) is 7.11 Å². The molecule has 1 aromatic carbocycles. The van der Waals surface area contributed by atoms with Crippen LogP contribution in [0, 0.1) is 10.1 Å². The van der Waals surface area contributed by atoms with E-state index in [9.17, 15) is 27.3 Å². The van der Waals surface area contributed by atoms with Gasteiger partial charge in [-0.05, 0) is 0 Å². The summed E-state index contributed by atoms with van der Waals surface area (Å²) < 4.78 is 55.1. The Bertz CT molecular complexity index is 606. The minimum Gasteiger partial charge on any atom is -0.493 e. The zero-order valence-corrected chi connectivity index (χ0v) is 10.7. The molecule has 0 aromatic heterocycles. The van der Waals surface area contributed by atoms with E-state index in [1.165, 1.54) is 0 Å². The Hall–Kier alpha value is -1.68. The van der Waals surface area contributed by atoms with Gasteiger partial charge in [0.2, 0.25) is 5.75 Å². The minimum atomic E-state index is -4.29. The summed E-state index contributed by atoms with van der Waals surface area (Å²) in [6, 6.07) is 1.25. The lowest BCUT2D eigenvalue weighted by Gasteiger charge is -2.11. The van der Waals surface area contributed by atoms with E-state index in [0.29, 0.717) is 6.07 Å². The molecule has 0 saturated heterocycles. The molecular formula is C8H6ClF2NO6S. The number of nitro benzene ring substituents is 1. The van der Waals surface area contributed by atoms with Gasteiger partial charge in [-0.1, -0.05) is 0 Å². The van der Waals surface area contributed by atoms with Gasteiger partial charge in [-0.25, -0.2) is 8.42 Å². The Kier molecular flexibility index (Phi) is 4.48. The Labute approximate surface area is 110 Å². The number of nitro groups is 1. The van der Waals surface area contributed by atoms with Crippen molar-refractivity contribution in [1.29, 1.82) is 0 Å². The van der Waals surface area contributed by atoms with E-state index in [4.69, 9.17) is 10.7 Å². The van der Waals surface area contributed by atoms with Crippen molar-refractivity contribution in [2.24, 2.45) is 0 Å². The van der Waals surface area contributed by atoms with Gasteiger partial charge in [-0.15, -0.1) is 0 Å². The van der Waals surface area contributed by atoms with Crippen molar-refractivity contribution in [3.8, 4) is 11.5 Å². The lowest BCUT2D eigenvalue weighted by Crippen LogP contribution is -2.07. The summed E-state index contributed by atoms with van der Waals surface area (Å²) in [5.74, 6) is -1.43. The van der Waals surface area contributed by atoms with Gasteiger partial charge in [0.05, 0.1) is 16.9 Å². The van der Waals surface area contributed by atoms with E-state index in [-0.39, 0.29) is 0 Å². The van der Waals surface area contributed by atoms with Gasteiger partial charge in [0.1, 0.15) is 0 Å². The van der Waals surface area contributed by atoms with Gasteiger partial charge < -0.3 is 9.47 Å². The second-order valence-electron chi connectivity index (χ2n) is 3.05. The molecule has 0 spiro atoms. The molecular weight excluding hydrogens is 312 g/mol. The molecule has 0 saturated carbocycles. The van der Waals surface area contributed by atoms with E-state index in [1.54, 1.807) is 0 Å². The molecule has 0 aliphatic carbocycles. The second-order valence-corrected chi connectivity index (χ2v) is 5.61. The summed E-state index contributed by atoms with van der Waals surface area (Å²) in [6.07, 6.45) is 0. The lowest BCUT2D eigenvalue weighted by atomic mass is 10.2. The number of ether oxygens (including phenoxy) is 2. The number of methoxy groups -OCH3 is 1. The lowest BCUT2D eigenvalue weighted by molar-refractivity contribution is -0.386. The van der Waals surface area contributed by atoms with Crippen LogP contribution in [0.25, 0.3) is 0 Å². The van der Waals surface area contributed by atoms with Crippen molar-refractivity contribution in [3.63, 3.8) is 0 Å². The third-order valence-corrected chi connectivity index (χ3v) is 3.25. The summed E-state index contributed by atoms with van der Waals surface area (Å²) in [6.45, 7) is -3.34. The van der Waals surface area contributed by atoms with Crippen LogP contribution in [0.4, 0.5) is 14.5 Å². The first kappa shape index (κ1) is 15.4. The third-order valence-electron chi connectivity index (χ3n) is 1.91. The van der Waals surface area contributed by atoms with E-state index >= 15 is 0 Å². The van der Waals surface area contributed by atoms with Crippen LogP contribution in [0.2, 0.25) is 0 Å². The molecule has 0 unspecified atom stereocenters. The van der Waals surface area contributed by atoms with Crippen LogP contribution in [0.3, 0.4) is 0 Å². The first-order valence-corrected chi connectivity index (χ1v) is 6.73. The van der Waals surface area contributed by atoms with Gasteiger partial charge in [-0.2, -0.15) is 8.78 Å². The van der Waals surface area contributed by atoms with Gasteiger partial charge in [0.15, 0.2) is 5.75 Å². The summed E-state index contributed by atoms with van der Waals surface area (Å²) >= 11 is 0. The smallest absolute Gasteiger partial charge is 0.387 e. The fourth-order valence-electron chi connectivity index (χ4n) is 1.20. The highest BCUT2D eigenvalue weighted by Gasteiger charge is 2.28. The zero-order chi connectivity index (χ0) is 14.8. The van der Waals surface area contributed by atoms with Crippen molar-refractivity contribution < 1.29 is 31.6 Å². The molecule has 1 rings (SSSR count). The maximum atomic E-state index is 12.2. The Balaban J connectivity index is 3.58. The Morgan fingerprint density at radius 3 is 2.37 bits per heavy atom. The van der Waals surface area contributed by atoms with Gasteiger partial charge in [0, 0.05) is 22.8 Å². The molecule has 106 valence electrons. The Morgan fingerprint density at radius 1 is 1.42 bits per heavy atom. The molecule has 0 aliphatic heterocycles. The fraction of sp³-hybridized carbons (Fsp3) is 0.250. The summed E-state index contributed by atoms with van der Waals surface area (Å²) in [5.41, 5.74) is -1.00. The number of benzene rings is 1. The highest BCUT2D eigenvalue weighted by molar-refractivity contribution is 8.13. The van der Waals surface area contributed by atoms with Gasteiger partial charge >= 0.3 is 12.3 Å². The number of nitrogens with zero attached hydrogens (tertiary/aromatic N) is 1. The quantitative estimate of drug-likeness (QED) is 0.469. The predicted octanol–water partition coefficient (Wildman–Crippen LogP) is 2.13. The molecule has 0 heterocycles. The molecule has 0 fully saturated rings. The van der Waals surface area contributed by atoms with Crippen molar-refractivity contribution >= 4 is 25.4 Å². The van der Waals surface area contributed by atoms with Crippen molar-refractivity contribution in [3.05, 3.63) is 22.2 Å². The molecule has 1 aromatic rings. The number of hydrogen-bond donors (Lipinski definition) is 0. The fourth-order valence-corrected chi connectivity index (χ4v) is 1.97. The van der Waals surface area contributed by atoms with Crippen LogP contribution in [0.15, 0.2) is 17.0 Å². The summed E-state index contributed by atoms with van der Waals surface area (Å²) in [7, 11) is 1.74.